The number of ether oxygens (including phenoxy) is 1. The Morgan fingerprint density at radius 2 is 1.97 bits per heavy atom. The van der Waals surface area contributed by atoms with Crippen LogP contribution in [-0.2, 0) is 22.6 Å². The number of nitrogens with one attached hydrogen (secondary N) is 2. The molecule has 0 atom stereocenters. The lowest BCUT2D eigenvalue weighted by Crippen LogP contribution is -2.63. The number of likely N-dealkylation sites (tertiary alicyclic amines) is 2. The van der Waals surface area contributed by atoms with E-state index in [2.05, 4.69) is 33.8 Å². The van der Waals surface area contributed by atoms with E-state index >= 15 is 0 Å². The fraction of sp³-hybridized carbons (Fsp3) is 0.591. The van der Waals surface area contributed by atoms with E-state index < -0.39 is 5.60 Å². The van der Waals surface area contributed by atoms with Gasteiger partial charge in [-0.2, -0.15) is 0 Å². The van der Waals surface area contributed by atoms with Crippen LogP contribution in [0.1, 0.15) is 44.7 Å². The molecule has 3 rings (SSSR count). The Morgan fingerprint density at radius 3 is 2.58 bits per heavy atom. The molecule has 8 nitrogen and oxygen atoms in total. The van der Waals surface area contributed by atoms with Gasteiger partial charge in [-0.05, 0) is 38.3 Å². The summed E-state index contributed by atoms with van der Waals surface area (Å²) in [5.74, 6) is 0.938. The van der Waals surface area contributed by atoms with Crippen LogP contribution in [0.4, 0.5) is 4.79 Å². The third-order valence-electron chi connectivity index (χ3n) is 5.09. The minimum atomic E-state index is -0.482. The average Bonchev–Trinajstić information content (AvgIpc) is 3.03. The number of carbonyl (C=O) groups excluding carboxylic acids is 2. The van der Waals surface area contributed by atoms with Crippen molar-refractivity contribution in [2.45, 2.75) is 58.3 Å². The first kappa shape index (κ1) is 25.2. The molecule has 9 heteroatoms. The summed E-state index contributed by atoms with van der Waals surface area (Å²) < 4.78 is 5.38. The van der Waals surface area contributed by atoms with Gasteiger partial charge in [-0.25, -0.2) is 4.79 Å². The number of halogens is 1. The summed E-state index contributed by atoms with van der Waals surface area (Å²) in [5, 5.41) is 6.66. The number of aliphatic imine (C=N–C) groups is 1. The Bertz CT molecular complexity index is 803. The average molecular weight is 543 g/mol. The van der Waals surface area contributed by atoms with Gasteiger partial charge < -0.3 is 25.2 Å². The zero-order valence-electron chi connectivity index (χ0n) is 18.8. The van der Waals surface area contributed by atoms with Crippen LogP contribution in [0.5, 0.6) is 0 Å². The molecule has 172 valence electrons. The highest BCUT2D eigenvalue weighted by molar-refractivity contribution is 14.0. The molecule has 31 heavy (non-hydrogen) atoms. The van der Waals surface area contributed by atoms with Gasteiger partial charge in [0.2, 0.25) is 5.91 Å². The summed E-state index contributed by atoms with van der Waals surface area (Å²) >= 11 is 0. The largest absolute Gasteiger partial charge is 0.444 e. The van der Waals surface area contributed by atoms with E-state index in [1.807, 2.05) is 31.7 Å². The lowest BCUT2D eigenvalue weighted by molar-refractivity contribution is -0.128. The van der Waals surface area contributed by atoms with Gasteiger partial charge in [-0.1, -0.05) is 24.3 Å². The van der Waals surface area contributed by atoms with Crippen molar-refractivity contribution in [3.05, 3.63) is 35.4 Å². The molecule has 2 N–H and O–H groups in total. The molecule has 2 amide bonds. The highest BCUT2D eigenvalue weighted by Crippen LogP contribution is 2.16. The van der Waals surface area contributed by atoms with E-state index in [0.29, 0.717) is 38.6 Å². The number of hydrogen-bond donors (Lipinski definition) is 2. The second-order valence-electron chi connectivity index (χ2n) is 8.89. The Kier molecular flexibility index (Phi) is 8.96. The second-order valence-corrected chi connectivity index (χ2v) is 8.89. The lowest BCUT2D eigenvalue weighted by atomic mass is 10.1. The van der Waals surface area contributed by atoms with E-state index in [9.17, 15) is 9.59 Å². The molecule has 0 unspecified atom stereocenters. The molecule has 1 aromatic carbocycles. The van der Waals surface area contributed by atoms with Gasteiger partial charge in [0.1, 0.15) is 5.60 Å². The first-order valence-corrected chi connectivity index (χ1v) is 10.5. The molecule has 0 aromatic heterocycles. The topological polar surface area (TPSA) is 86.3 Å². The zero-order valence-corrected chi connectivity index (χ0v) is 21.1. The summed E-state index contributed by atoms with van der Waals surface area (Å²) in [5.41, 5.74) is 1.79. The van der Waals surface area contributed by atoms with E-state index in [4.69, 9.17) is 4.74 Å². The Morgan fingerprint density at radius 1 is 1.26 bits per heavy atom. The van der Waals surface area contributed by atoms with Crippen molar-refractivity contribution in [1.82, 2.24) is 20.4 Å². The van der Waals surface area contributed by atoms with E-state index in [1.54, 1.807) is 11.9 Å². The molecular weight excluding hydrogens is 509 g/mol. The third-order valence-corrected chi connectivity index (χ3v) is 5.09. The van der Waals surface area contributed by atoms with Crippen LogP contribution in [0.15, 0.2) is 29.3 Å². The number of amides is 2. The first-order valence-electron chi connectivity index (χ1n) is 10.5. The van der Waals surface area contributed by atoms with Crippen LogP contribution >= 0.6 is 24.0 Å². The molecule has 0 bridgehead atoms. The van der Waals surface area contributed by atoms with E-state index in [-0.39, 0.29) is 42.0 Å². The summed E-state index contributed by atoms with van der Waals surface area (Å²) in [6.07, 6.45) is 1.33. The van der Waals surface area contributed by atoms with Crippen molar-refractivity contribution < 1.29 is 14.3 Å². The van der Waals surface area contributed by atoms with E-state index in [1.165, 1.54) is 0 Å². The SMILES string of the molecule is CN=C(NCc1cccc(CN2CCCC2=O)c1)NC1CN(C(=O)OC(C)(C)C)C1.I. The predicted molar refractivity (Wildman–Crippen MR) is 131 cm³/mol. The molecule has 0 saturated carbocycles. The molecule has 0 aliphatic carbocycles. The van der Waals surface area contributed by atoms with Crippen molar-refractivity contribution in [3.63, 3.8) is 0 Å². The Balaban J connectivity index is 0.00000341. The highest BCUT2D eigenvalue weighted by Gasteiger charge is 2.34. The summed E-state index contributed by atoms with van der Waals surface area (Å²) in [6, 6.07) is 8.41. The van der Waals surface area contributed by atoms with Crippen molar-refractivity contribution >= 4 is 41.9 Å². The smallest absolute Gasteiger partial charge is 0.410 e. The van der Waals surface area contributed by atoms with Crippen molar-refractivity contribution in [3.8, 4) is 0 Å². The monoisotopic (exact) mass is 543 g/mol. The molecule has 1 aromatic rings. The molecule has 2 heterocycles. The number of carbonyl (C=O) groups is 2. The van der Waals surface area contributed by atoms with Crippen molar-refractivity contribution in [2.75, 3.05) is 26.7 Å². The number of rotatable bonds is 5. The number of hydrogen-bond acceptors (Lipinski definition) is 4. The van der Waals surface area contributed by atoms with Crippen LogP contribution in [0, 0.1) is 0 Å². The van der Waals surface area contributed by atoms with E-state index in [0.717, 1.165) is 24.1 Å². The van der Waals surface area contributed by atoms with Gasteiger partial charge in [0.05, 0.1) is 6.04 Å². The first-order chi connectivity index (χ1) is 14.2. The maximum atomic E-state index is 12.0. The molecule has 2 saturated heterocycles. The highest BCUT2D eigenvalue weighted by atomic mass is 127. The lowest BCUT2D eigenvalue weighted by Gasteiger charge is -2.40. The molecule has 2 fully saturated rings. The van der Waals surface area contributed by atoms with Gasteiger partial charge in [0, 0.05) is 46.2 Å². The molecule has 0 radical (unpaired) electrons. The van der Waals surface area contributed by atoms with Gasteiger partial charge >= 0.3 is 6.09 Å². The van der Waals surface area contributed by atoms with Gasteiger partial charge in [-0.3, -0.25) is 9.79 Å². The van der Waals surface area contributed by atoms with Crippen LogP contribution < -0.4 is 10.6 Å². The Hall–Kier alpha value is -2.04. The van der Waals surface area contributed by atoms with Crippen LogP contribution in [0.3, 0.4) is 0 Å². The minimum Gasteiger partial charge on any atom is -0.444 e. The minimum absolute atomic E-state index is 0. The third kappa shape index (κ3) is 7.55. The van der Waals surface area contributed by atoms with Gasteiger partial charge in [0.15, 0.2) is 5.96 Å². The molecular formula is C22H34IN5O3. The fourth-order valence-corrected chi connectivity index (χ4v) is 3.55. The predicted octanol–water partition coefficient (Wildman–Crippen LogP) is 2.71. The molecule has 0 spiro atoms. The number of benzene rings is 1. The summed E-state index contributed by atoms with van der Waals surface area (Å²) in [7, 11) is 1.73. The number of nitrogens with zero attached hydrogens (tertiary/aromatic N) is 3. The molecule has 2 aliphatic rings. The van der Waals surface area contributed by atoms with Crippen molar-refractivity contribution in [2.24, 2.45) is 4.99 Å². The van der Waals surface area contributed by atoms with Crippen LogP contribution in [0.2, 0.25) is 0 Å². The Labute approximate surface area is 201 Å². The quantitative estimate of drug-likeness (QED) is 0.339. The van der Waals surface area contributed by atoms with Gasteiger partial charge in [0.25, 0.3) is 0 Å². The van der Waals surface area contributed by atoms with Crippen LogP contribution in [-0.4, -0.2) is 66.1 Å². The van der Waals surface area contributed by atoms with Crippen molar-refractivity contribution in [1.29, 1.82) is 0 Å². The standard InChI is InChI=1S/C22H33N5O3.HI/c1-22(2,3)30-21(29)27-14-18(15-27)25-20(23-4)24-12-16-7-5-8-17(11-16)13-26-10-6-9-19(26)28;/h5,7-8,11,18H,6,9-10,12-15H2,1-4H3,(H2,23,24,25);1H. The normalized spacial score (nSPS) is 17.2. The maximum absolute atomic E-state index is 12.0. The summed E-state index contributed by atoms with van der Waals surface area (Å²) in [6.45, 7) is 8.92. The number of guanidine groups is 1. The van der Waals surface area contributed by atoms with Crippen LogP contribution in [0.25, 0.3) is 0 Å². The zero-order chi connectivity index (χ0) is 21.7. The second kappa shape index (κ2) is 11.0. The van der Waals surface area contributed by atoms with Gasteiger partial charge in [-0.15, -0.1) is 24.0 Å². The maximum Gasteiger partial charge on any atom is 0.410 e. The molecule has 2 aliphatic heterocycles. The summed E-state index contributed by atoms with van der Waals surface area (Å²) in [4.78, 5) is 31.8. The fourth-order valence-electron chi connectivity index (χ4n) is 3.55.